The molecule has 4 heterocycles. The first-order valence-corrected chi connectivity index (χ1v) is 9.53. The molecule has 27 heavy (non-hydrogen) atoms. The maximum Gasteiger partial charge on any atom is 0.247 e. The summed E-state index contributed by atoms with van der Waals surface area (Å²) in [5.41, 5.74) is 0. The topological polar surface area (TPSA) is 82.5 Å². The van der Waals surface area contributed by atoms with Crippen LogP contribution in [0, 0.1) is 0 Å². The van der Waals surface area contributed by atoms with Crippen LogP contribution >= 0.6 is 0 Å². The highest BCUT2D eigenvalue weighted by Gasteiger charge is 2.20. The van der Waals surface area contributed by atoms with Crippen molar-refractivity contribution >= 4 is 17.6 Å². The Bertz CT molecular complexity index is 702. The summed E-state index contributed by atoms with van der Waals surface area (Å²) in [6.07, 6.45) is 3.52. The molecule has 0 spiro atoms. The minimum Gasteiger partial charge on any atom is -0.379 e. The average Bonchev–Trinajstić information content (AvgIpc) is 2.76. The Morgan fingerprint density at radius 2 is 1.81 bits per heavy atom. The third-order valence-electron chi connectivity index (χ3n) is 4.92. The van der Waals surface area contributed by atoms with Crippen LogP contribution in [0.4, 0.5) is 17.6 Å². The molecule has 2 aromatic rings. The molecule has 4 rings (SSSR count). The summed E-state index contributed by atoms with van der Waals surface area (Å²) >= 11 is 0. The lowest BCUT2D eigenvalue weighted by Crippen LogP contribution is -2.47. The van der Waals surface area contributed by atoms with Crippen LogP contribution < -0.4 is 15.1 Å². The lowest BCUT2D eigenvalue weighted by atomic mass is 10.3. The Kier molecular flexibility index (Phi) is 5.90. The van der Waals surface area contributed by atoms with Gasteiger partial charge in [0, 0.05) is 58.6 Å². The molecule has 2 saturated heterocycles. The van der Waals surface area contributed by atoms with Crippen molar-refractivity contribution in [3.8, 4) is 0 Å². The van der Waals surface area contributed by atoms with Gasteiger partial charge >= 0.3 is 0 Å². The molecule has 0 atom stereocenters. The van der Waals surface area contributed by atoms with E-state index in [1.807, 2.05) is 24.4 Å². The summed E-state index contributed by atoms with van der Waals surface area (Å²) in [6.45, 7) is 8.96. The normalized spacial score (nSPS) is 18.5. The summed E-state index contributed by atoms with van der Waals surface area (Å²) in [6, 6.07) is 6.01. The van der Waals surface area contributed by atoms with Gasteiger partial charge < -0.3 is 19.9 Å². The standard InChI is InChI=1S/C18H26N8O/c1-2-4-20-17(3-1)25-7-9-26(10-8-25)18-22-16(15-21-23-18)19-5-6-24-11-13-27-14-12-24/h1-4,15H,5-14H2,(H,19,22,23). The highest BCUT2D eigenvalue weighted by molar-refractivity contribution is 5.43. The maximum atomic E-state index is 5.38. The van der Waals surface area contributed by atoms with E-state index >= 15 is 0 Å². The lowest BCUT2D eigenvalue weighted by molar-refractivity contribution is 0.0398. The molecule has 2 aliphatic rings. The third kappa shape index (κ3) is 4.81. The summed E-state index contributed by atoms with van der Waals surface area (Å²) in [7, 11) is 0. The van der Waals surface area contributed by atoms with Crippen molar-refractivity contribution < 1.29 is 4.74 Å². The van der Waals surface area contributed by atoms with Gasteiger partial charge in [0.05, 0.1) is 19.4 Å². The van der Waals surface area contributed by atoms with Crippen molar-refractivity contribution in [2.24, 2.45) is 0 Å². The van der Waals surface area contributed by atoms with Crippen LogP contribution in [-0.2, 0) is 4.74 Å². The summed E-state index contributed by atoms with van der Waals surface area (Å²) in [4.78, 5) is 15.9. The van der Waals surface area contributed by atoms with Gasteiger partial charge in [-0.05, 0) is 12.1 Å². The molecular formula is C18H26N8O. The number of aromatic nitrogens is 4. The maximum absolute atomic E-state index is 5.38. The second kappa shape index (κ2) is 8.92. The Morgan fingerprint density at radius 1 is 1.00 bits per heavy atom. The minimum atomic E-state index is 0.687. The molecule has 2 aromatic heterocycles. The van der Waals surface area contributed by atoms with Crippen molar-refractivity contribution in [2.75, 3.05) is 80.7 Å². The van der Waals surface area contributed by atoms with E-state index < -0.39 is 0 Å². The van der Waals surface area contributed by atoms with Gasteiger partial charge in [-0.2, -0.15) is 10.1 Å². The predicted octanol–water partition coefficient (Wildman–Crippen LogP) is 0.337. The Morgan fingerprint density at radius 3 is 2.59 bits per heavy atom. The van der Waals surface area contributed by atoms with Gasteiger partial charge in [0.15, 0.2) is 5.82 Å². The summed E-state index contributed by atoms with van der Waals surface area (Å²) in [5.74, 6) is 2.49. The van der Waals surface area contributed by atoms with E-state index in [9.17, 15) is 0 Å². The van der Waals surface area contributed by atoms with Crippen LogP contribution in [0.15, 0.2) is 30.6 Å². The van der Waals surface area contributed by atoms with Crippen LogP contribution in [0.5, 0.6) is 0 Å². The highest BCUT2D eigenvalue weighted by Crippen LogP contribution is 2.16. The van der Waals surface area contributed by atoms with Gasteiger partial charge in [-0.15, -0.1) is 5.10 Å². The number of nitrogens with zero attached hydrogens (tertiary/aromatic N) is 7. The molecule has 0 aromatic carbocycles. The van der Waals surface area contributed by atoms with Gasteiger partial charge in [0.1, 0.15) is 5.82 Å². The number of anilines is 3. The quantitative estimate of drug-likeness (QED) is 0.774. The minimum absolute atomic E-state index is 0.687. The molecule has 0 saturated carbocycles. The van der Waals surface area contributed by atoms with Gasteiger partial charge in [-0.1, -0.05) is 6.07 Å². The Labute approximate surface area is 159 Å². The molecule has 0 amide bonds. The van der Waals surface area contributed by atoms with Crippen LogP contribution in [0.1, 0.15) is 0 Å². The van der Waals surface area contributed by atoms with Crippen LogP contribution in [0.2, 0.25) is 0 Å². The van der Waals surface area contributed by atoms with Gasteiger partial charge in [0.25, 0.3) is 0 Å². The van der Waals surface area contributed by atoms with Crippen LogP contribution in [0.25, 0.3) is 0 Å². The number of ether oxygens (including phenoxy) is 1. The van der Waals surface area contributed by atoms with Crippen molar-refractivity contribution in [2.45, 2.75) is 0 Å². The van der Waals surface area contributed by atoms with Crippen LogP contribution in [-0.4, -0.2) is 90.6 Å². The number of piperazine rings is 1. The molecule has 0 unspecified atom stereocenters. The van der Waals surface area contributed by atoms with E-state index in [0.29, 0.717) is 5.95 Å². The predicted molar refractivity (Wildman–Crippen MR) is 104 cm³/mol. The summed E-state index contributed by atoms with van der Waals surface area (Å²) < 4.78 is 5.38. The number of rotatable bonds is 6. The first-order chi connectivity index (χ1) is 13.4. The molecule has 0 bridgehead atoms. The second-order valence-electron chi connectivity index (χ2n) is 6.68. The van der Waals surface area contributed by atoms with Crippen molar-refractivity contribution in [3.05, 3.63) is 30.6 Å². The molecule has 1 N–H and O–H groups in total. The summed E-state index contributed by atoms with van der Waals surface area (Å²) in [5, 5.41) is 11.7. The van der Waals surface area contributed by atoms with Gasteiger partial charge in [-0.3, -0.25) is 4.90 Å². The first kappa shape index (κ1) is 17.9. The number of morpholine rings is 1. The molecule has 144 valence electrons. The highest BCUT2D eigenvalue weighted by atomic mass is 16.5. The van der Waals surface area contributed by atoms with Gasteiger partial charge in [-0.25, -0.2) is 4.98 Å². The zero-order valence-corrected chi connectivity index (χ0v) is 15.5. The van der Waals surface area contributed by atoms with E-state index in [2.05, 4.69) is 40.2 Å². The first-order valence-electron chi connectivity index (χ1n) is 9.53. The lowest BCUT2D eigenvalue weighted by Gasteiger charge is -2.35. The number of pyridine rings is 1. The zero-order chi connectivity index (χ0) is 18.3. The second-order valence-corrected chi connectivity index (χ2v) is 6.68. The van der Waals surface area contributed by atoms with E-state index in [0.717, 1.165) is 77.2 Å². The Balaban J connectivity index is 1.27. The zero-order valence-electron chi connectivity index (χ0n) is 15.5. The van der Waals surface area contributed by atoms with E-state index in [1.54, 1.807) is 6.20 Å². The fraction of sp³-hybridized carbons (Fsp3) is 0.556. The smallest absolute Gasteiger partial charge is 0.247 e. The molecule has 9 heteroatoms. The monoisotopic (exact) mass is 370 g/mol. The largest absolute Gasteiger partial charge is 0.379 e. The van der Waals surface area contributed by atoms with Crippen molar-refractivity contribution in [1.29, 1.82) is 0 Å². The molecular weight excluding hydrogens is 344 g/mol. The Hall–Kier alpha value is -2.52. The molecule has 2 aliphatic heterocycles. The fourth-order valence-electron chi connectivity index (χ4n) is 3.36. The third-order valence-corrected chi connectivity index (χ3v) is 4.92. The van der Waals surface area contributed by atoms with Crippen molar-refractivity contribution in [3.63, 3.8) is 0 Å². The van der Waals surface area contributed by atoms with Crippen LogP contribution in [0.3, 0.4) is 0 Å². The van der Waals surface area contributed by atoms with Gasteiger partial charge in [0.2, 0.25) is 5.95 Å². The molecule has 0 radical (unpaired) electrons. The molecule has 0 aliphatic carbocycles. The van der Waals surface area contributed by atoms with Crippen molar-refractivity contribution in [1.82, 2.24) is 25.1 Å². The molecule has 2 fully saturated rings. The SMILES string of the molecule is c1ccc(N2CCN(c3nncc(NCCN4CCOCC4)n3)CC2)nc1. The molecule has 9 nitrogen and oxygen atoms in total. The number of hydrogen-bond acceptors (Lipinski definition) is 9. The van der Waals surface area contributed by atoms with E-state index in [1.165, 1.54) is 0 Å². The fourth-order valence-corrected chi connectivity index (χ4v) is 3.36. The number of nitrogens with one attached hydrogen (secondary N) is 1. The number of hydrogen-bond donors (Lipinski definition) is 1. The average molecular weight is 370 g/mol. The van der Waals surface area contributed by atoms with E-state index in [-0.39, 0.29) is 0 Å². The van der Waals surface area contributed by atoms with E-state index in [4.69, 9.17) is 4.74 Å².